The van der Waals surface area contributed by atoms with E-state index in [1.54, 1.807) is 13.4 Å². The van der Waals surface area contributed by atoms with Crippen molar-refractivity contribution >= 4 is 5.91 Å². The number of aromatic nitrogens is 3. The van der Waals surface area contributed by atoms with Crippen molar-refractivity contribution in [3.63, 3.8) is 0 Å². The lowest BCUT2D eigenvalue weighted by atomic mass is 9.76. The summed E-state index contributed by atoms with van der Waals surface area (Å²) in [6, 6.07) is 6.10. The van der Waals surface area contributed by atoms with Gasteiger partial charge in [-0.1, -0.05) is 13.0 Å². The van der Waals surface area contributed by atoms with Gasteiger partial charge in [0.2, 0.25) is 12.7 Å². The van der Waals surface area contributed by atoms with Crippen LogP contribution in [0.15, 0.2) is 24.5 Å². The highest BCUT2D eigenvalue weighted by Crippen LogP contribution is 2.38. The number of benzene rings is 1. The molecule has 1 aromatic heterocycles. The Morgan fingerprint density at radius 2 is 2.14 bits per heavy atom. The van der Waals surface area contributed by atoms with Gasteiger partial charge < -0.3 is 23.7 Å². The molecule has 1 aromatic carbocycles. The van der Waals surface area contributed by atoms with Crippen LogP contribution in [0.4, 0.5) is 0 Å². The SMILES string of the molecule is COCCn1cnnc1CN1C[C@](C)(Cc2ccc3c(c2)OCO3)CCC1=O. The third-order valence-electron chi connectivity index (χ3n) is 5.50. The monoisotopic (exact) mass is 386 g/mol. The quantitative estimate of drug-likeness (QED) is 0.724. The summed E-state index contributed by atoms with van der Waals surface area (Å²) in [5.74, 6) is 2.56. The van der Waals surface area contributed by atoms with E-state index in [1.807, 2.05) is 15.5 Å². The maximum absolute atomic E-state index is 12.5. The molecule has 1 atom stereocenters. The molecule has 1 amide bonds. The number of carbonyl (C=O) groups excluding carboxylic acids is 1. The van der Waals surface area contributed by atoms with Crippen molar-refractivity contribution < 1.29 is 19.0 Å². The first-order valence-electron chi connectivity index (χ1n) is 9.58. The second-order valence-corrected chi connectivity index (χ2v) is 7.86. The minimum atomic E-state index is -0.00100. The zero-order valence-electron chi connectivity index (χ0n) is 16.4. The van der Waals surface area contributed by atoms with Crippen molar-refractivity contribution in [3.05, 3.63) is 35.9 Å². The minimum absolute atomic E-state index is 0.00100. The number of nitrogens with zero attached hydrogens (tertiary/aromatic N) is 4. The van der Waals surface area contributed by atoms with Gasteiger partial charge in [0.25, 0.3) is 0 Å². The van der Waals surface area contributed by atoms with E-state index in [1.165, 1.54) is 5.56 Å². The van der Waals surface area contributed by atoms with Crippen LogP contribution < -0.4 is 9.47 Å². The van der Waals surface area contributed by atoms with E-state index >= 15 is 0 Å². The molecule has 2 aliphatic heterocycles. The first-order chi connectivity index (χ1) is 13.6. The number of rotatable bonds is 7. The van der Waals surface area contributed by atoms with E-state index in [-0.39, 0.29) is 18.1 Å². The van der Waals surface area contributed by atoms with Crippen LogP contribution in [0.2, 0.25) is 0 Å². The summed E-state index contributed by atoms with van der Waals surface area (Å²) in [5.41, 5.74) is 1.20. The third-order valence-corrected chi connectivity index (χ3v) is 5.50. The molecule has 0 radical (unpaired) electrons. The summed E-state index contributed by atoms with van der Waals surface area (Å²) < 4.78 is 18.0. The number of hydrogen-bond donors (Lipinski definition) is 0. The average Bonchev–Trinajstić information content (AvgIpc) is 3.32. The molecular formula is C20H26N4O4. The summed E-state index contributed by atoms with van der Waals surface area (Å²) >= 11 is 0. The van der Waals surface area contributed by atoms with Gasteiger partial charge in [0.05, 0.1) is 13.2 Å². The van der Waals surface area contributed by atoms with Crippen LogP contribution in [0.3, 0.4) is 0 Å². The molecule has 4 rings (SSSR count). The van der Waals surface area contributed by atoms with E-state index in [4.69, 9.17) is 14.2 Å². The van der Waals surface area contributed by atoms with Gasteiger partial charge in [-0.05, 0) is 36.0 Å². The van der Waals surface area contributed by atoms with E-state index < -0.39 is 0 Å². The summed E-state index contributed by atoms with van der Waals surface area (Å²) in [4.78, 5) is 14.5. The molecule has 1 saturated heterocycles. The zero-order chi connectivity index (χ0) is 19.6. The lowest BCUT2D eigenvalue weighted by Gasteiger charge is -2.40. The standard InChI is InChI=1S/C20H26N4O4/c1-20(10-15-3-4-16-17(9-15)28-14-27-16)6-5-19(25)24(12-20)11-18-22-21-13-23(18)7-8-26-2/h3-4,9,13H,5-8,10-12,14H2,1-2H3/t20-/m0/s1. The molecule has 0 saturated carbocycles. The fourth-order valence-corrected chi connectivity index (χ4v) is 3.98. The predicted molar refractivity (Wildman–Crippen MR) is 101 cm³/mol. The molecule has 0 aliphatic carbocycles. The number of piperidine rings is 1. The Labute approximate surface area is 164 Å². The summed E-state index contributed by atoms with van der Waals surface area (Å²) in [5, 5.41) is 8.20. The summed E-state index contributed by atoms with van der Waals surface area (Å²) in [7, 11) is 1.67. The Hall–Kier alpha value is -2.61. The van der Waals surface area contributed by atoms with Gasteiger partial charge in [-0.2, -0.15) is 0 Å². The van der Waals surface area contributed by atoms with Crippen LogP contribution in [0.5, 0.6) is 11.5 Å². The van der Waals surface area contributed by atoms with Crippen molar-refractivity contribution in [2.45, 2.75) is 39.3 Å². The maximum atomic E-state index is 12.5. The molecular weight excluding hydrogens is 360 g/mol. The number of fused-ring (bicyclic) bond motifs is 1. The fourth-order valence-electron chi connectivity index (χ4n) is 3.98. The smallest absolute Gasteiger partial charge is 0.231 e. The molecule has 1 fully saturated rings. The van der Waals surface area contributed by atoms with Crippen molar-refractivity contribution in [3.8, 4) is 11.5 Å². The number of ether oxygens (including phenoxy) is 3. The molecule has 28 heavy (non-hydrogen) atoms. The Morgan fingerprint density at radius 1 is 1.29 bits per heavy atom. The van der Waals surface area contributed by atoms with E-state index in [9.17, 15) is 4.79 Å². The largest absolute Gasteiger partial charge is 0.454 e. The molecule has 2 aliphatic rings. The first kappa shape index (κ1) is 18.7. The molecule has 8 nitrogen and oxygen atoms in total. The number of methoxy groups -OCH3 is 1. The normalized spacial score (nSPS) is 21.4. The Morgan fingerprint density at radius 3 is 3.00 bits per heavy atom. The van der Waals surface area contributed by atoms with Gasteiger partial charge in [-0.3, -0.25) is 4.79 Å². The van der Waals surface area contributed by atoms with Crippen molar-refractivity contribution in [2.24, 2.45) is 5.41 Å². The van der Waals surface area contributed by atoms with E-state index in [2.05, 4.69) is 29.3 Å². The molecule has 0 unspecified atom stereocenters. The van der Waals surface area contributed by atoms with Crippen LogP contribution in [0, 0.1) is 5.41 Å². The Balaban J connectivity index is 1.45. The van der Waals surface area contributed by atoms with Crippen LogP contribution >= 0.6 is 0 Å². The van der Waals surface area contributed by atoms with Crippen LogP contribution in [-0.4, -0.2) is 52.6 Å². The third kappa shape index (κ3) is 3.96. The van der Waals surface area contributed by atoms with Crippen molar-refractivity contribution in [1.29, 1.82) is 0 Å². The van der Waals surface area contributed by atoms with Gasteiger partial charge in [0.1, 0.15) is 6.33 Å². The highest BCUT2D eigenvalue weighted by atomic mass is 16.7. The fraction of sp³-hybridized carbons (Fsp3) is 0.550. The first-order valence-corrected chi connectivity index (χ1v) is 9.58. The molecule has 2 aromatic rings. The van der Waals surface area contributed by atoms with Gasteiger partial charge >= 0.3 is 0 Å². The maximum Gasteiger partial charge on any atom is 0.231 e. The summed E-state index contributed by atoms with van der Waals surface area (Å²) in [6.45, 7) is 4.95. The van der Waals surface area contributed by atoms with Crippen LogP contribution in [0.25, 0.3) is 0 Å². The van der Waals surface area contributed by atoms with Crippen molar-refractivity contribution in [2.75, 3.05) is 27.1 Å². The highest BCUT2D eigenvalue weighted by molar-refractivity contribution is 5.77. The lowest BCUT2D eigenvalue weighted by Crippen LogP contribution is -2.46. The van der Waals surface area contributed by atoms with E-state index in [0.717, 1.165) is 30.2 Å². The average molecular weight is 386 g/mol. The van der Waals surface area contributed by atoms with Gasteiger partial charge in [-0.15, -0.1) is 10.2 Å². The second-order valence-electron chi connectivity index (χ2n) is 7.86. The summed E-state index contributed by atoms with van der Waals surface area (Å²) in [6.07, 6.45) is 3.98. The van der Waals surface area contributed by atoms with Crippen LogP contribution in [-0.2, 0) is 29.0 Å². The molecule has 8 heteroatoms. The predicted octanol–water partition coefficient (Wildman–Crippen LogP) is 2.02. The molecule has 0 spiro atoms. The molecule has 3 heterocycles. The number of hydrogen-bond acceptors (Lipinski definition) is 6. The van der Waals surface area contributed by atoms with E-state index in [0.29, 0.717) is 32.7 Å². The Kier molecular flexibility index (Phi) is 5.21. The minimum Gasteiger partial charge on any atom is -0.454 e. The Bertz CT molecular complexity index is 852. The number of carbonyl (C=O) groups is 1. The highest BCUT2D eigenvalue weighted by Gasteiger charge is 2.36. The van der Waals surface area contributed by atoms with Gasteiger partial charge in [-0.25, -0.2) is 0 Å². The molecule has 0 N–H and O–H groups in total. The van der Waals surface area contributed by atoms with Crippen molar-refractivity contribution in [1.82, 2.24) is 19.7 Å². The molecule has 0 bridgehead atoms. The van der Waals surface area contributed by atoms with Crippen LogP contribution in [0.1, 0.15) is 31.2 Å². The zero-order valence-corrected chi connectivity index (χ0v) is 16.4. The lowest BCUT2D eigenvalue weighted by molar-refractivity contribution is -0.138. The second kappa shape index (κ2) is 7.79. The molecule has 150 valence electrons. The number of amides is 1. The topological polar surface area (TPSA) is 78.7 Å². The number of likely N-dealkylation sites (tertiary alicyclic amines) is 1. The van der Waals surface area contributed by atoms with Gasteiger partial charge in [0.15, 0.2) is 17.3 Å². The van der Waals surface area contributed by atoms with Gasteiger partial charge in [0, 0.05) is 26.6 Å².